The highest BCUT2D eigenvalue weighted by atomic mass is 35.5. The van der Waals surface area contributed by atoms with Gasteiger partial charge >= 0.3 is 5.63 Å². The molecule has 0 aliphatic carbocycles. The Bertz CT molecular complexity index is 549. The fourth-order valence-corrected chi connectivity index (χ4v) is 1.25. The minimum atomic E-state index is -0.450. The lowest BCUT2D eigenvalue weighted by Gasteiger charge is -1.98. The van der Waals surface area contributed by atoms with Gasteiger partial charge in [0.15, 0.2) is 0 Å². The summed E-state index contributed by atoms with van der Waals surface area (Å²) >= 11 is 5.66. The third kappa shape index (κ3) is 3.76. The van der Waals surface area contributed by atoms with Gasteiger partial charge in [-0.05, 0) is 25.1 Å². The second kappa shape index (κ2) is 6.27. The predicted molar refractivity (Wildman–Crippen MR) is 68.5 cm³/mol. The molecule has 1 heterocycles. The number of phenols is 1. The van der Waals surface area contributed by atoms with Crippen LogP contribution in [-0.2, 0) is 0 Å². The van der Waals surface area contributed by atoms with Gasteiger partial charge in [0, 0.05) is 17.5 Å². The summed E-state index contributed by atoms with van der Waals surface area (Å²) in [5.74, 6) is -0.0940. The molecular weight excluding hydrogens is 242 g/mol. The van der Waals surface area contributed by atoms with E-state index in [-0.39, 0.29) is 10.8 Å². The van der Waals surface area contributed by atoms with Gasteiger partial charge in [0.2, 0.25) is 0 Å². The fraction of sp³-hybridized carbons (Fsp3) is 0.250. The molecule has 0 saturated heterocycles. The molecule has 0 unspecified atom stereocenters. The topological polar surface area (TPSA) is 76.5 Å². The molecule has 0 aliphatic rings. The molecule has 0 atom stereocenters. The van der Waals surface area contributed by atoms with Crippen molar-refractivity contribution in [2.24, 2.45) is 5.73 Å². The fourth-order valence-electron chi connectivity index (χ4n) is 1.08. The van der Waals surface area contributed by atoms with Crippen molar-refractivity contribution in [2.45, 2.75) is 13.3 Å². The molecule has 0 radical (unpaired) electrons. The third-order valence-corrected chi connectivity index (χ3v) is 2.28. The first-order valence-electron chi connectivity index (χ1n) is 5.21. The average Bonchev–Trinajstić information content (AvgIpc) is 2.31. The van der Waals surface area contributed by atoms with Crippen LogP contribution >= 0.6 is 11.6 Å². The summed E-state index contributed by atoms with van der Waals surface area (Å²) < 4.78 is 4.82. The Balaban J connectivity index is 0.000000317. The van der Waals surface area contributed by atoms with Crippen LogP contribution in [0.1, 0.15) is 13.3 Å². The normalized spacial score (nSPS) is 9.82. The molecule has 2 rings (SSSR count). The van der Waals surface area contributed by atoms with Crippen LogP contribution in [0, 0.1) is 0 Å². The Hall–Kier alpha value is -1.52. The summed E-state index contributed by atoms with van der Waals surface area (Å²) in [6, 6.07) is 5.75. The zero-order valence-corrected chi connectivity index (χ0v) is 10.2. The summed E-state index contributed by atoms with van der Waals surface area (Å²) in [4.78, 5) is 10.8. The number of rotatable bonds is 1. The molecule has 0 bridgehead atoms. The quantitative estimate of drug-likeness (QED) is 0.768. The summed E-state index contributed by atoms with van der Waals surface area (Å²) in [5, 5.41) is 10.1. The van der Waals surface area contributed by atoms with Gasteiger partial charge in [-0.25, -0.2) is 4.79 Å². The minimum absolute atomic E-state index is 0.0940. The highest BCUT2D eigenvalue weighted by Gasteiger charge is 2.02. The maximum absolute atomic E-state index is 10.8. The van der Waals surface area contributed by atoms with E-state index in [1.807, 2.05) is 0 Å². The average molecular weight is 256 g/mol. The molecule has 4 nitrogen and oxygen atoms in total. The lowest BCUT2D eigenvalue weighted by atomic mass is 10.2. The monoisotopic (exact) mass is 255 g/mol. The van der Waals surface area contributed by atoms with E-state index in [2.05, 4.69) is 6.92 Å². The first-order chi connectivity index (χ1) is 8.08. The van der Waals surface area contributed by atoms with E-state index in [4.69, 9.17) is 21.8 Å². The Morgan fingerprint density at radius 2 is 2.06 bits per heavy atom. The second-order valence-electron chi connectivity index (χ2n) is 3.38. The molecule has 0 spiro atoms. The summed E-state index contributed by atoms with van der Waals surface area (Å²) in [6.07, 6.45) is 1.10. The summed E-state index contributed by atoms with van der Waals surface area (Å²) in [5.41, 5.74) is 4.91. The first kappa shape index (κ1) is 13.5. The van der Waals surface area contributed by atoms with Crippen LogP contribution in [0.25, 0.3) is 11.0 Å². The van der Waals surface area contributed by atoms with Gasteiger partial charge in [-0.1, -0.05) is 18.5 Å². The highest BCUT2D eigenvalue weighted by molar-refractivity contribution is 6.32. The van der Waals surface area contributed by atoms with Crippen LogP contribution in [-0.4, -0.2) is 11.7 Å². The maximum atomic E-state index is 10.8. The molecule has 2 aromatic rings. The second-order valence-corrected chi connectivity index (χ2v) is 3.79. The van der Waals surface area contributed by atoms with E-state index in [1.54, 1.807) is 6.07 Å². The van der Waals surface area contributed by atoms with Gasteiger partial charge < -0.3 is 15.3 Å². The zero-order chi connectivity index (χ0) is 12.8. The number of phenolic OH excluding ortho intramolecular Hbond substituents is 1. The lowest BCUT2D eigenvalue weighted by Crippen LogP contribution is -1.93. The van der Waals surface area contributed by atoms with E-state index < -0.39 is 5.63 Å². The van der Waals surface area contributed by atoms with Gasteiger partial charge in [-0.3, -0.25) is 0 Å². The van der Waals surface area contributed by atoms with Gasteiger partial charge in [-0.15, -0.1) is 0 Å². The number of benzene rings is 1. The smallest absolute Gasteiger partial charge is 0.336 e. The molecule has 3 N–H and O–H groups in total. The van der Waals surface area contributed by atoms with Crippen LogP contribution in [0.3, 0.4) is 0 Å². The molecule has 5 heteroatoms. The largest absolute Gasteiger partial charge is 0.506 e. The minimum Gasteiger partial charge on any atom is -0.506 e. The van der Waals surface area contributed by atoms with Crippen molar-refractivity contribution in [3.05, 3.63) is 39.7 Å². The van der Waals surface area contributed by atoms with E-state index in [9.17, 15) is 9.90 Å². The Morgan fingerprint density at radius 1 is 1.41 bits per heavy atom. The van der Waals surface area contributed by atoms with Crippen molar-refractivity contribution in [1.82, 2.24) is 0 Å². The van der Waals surface area contributed by atoms with E-state index in [1.165, 1.54) is 18.2 Å². The standard InChI is InChI=1S/C9H5ClO3.C3H9N/c10-6-3-5-1-2-9(12)13-8(5)4-7(6)11;1-2-3-4/h1-4,11H;2-4H2,1H3. The van der Waals surface area contributed by atoms with Crippen LogP contribution in [0.5, 0.6) is 5.75 Å². The van der Waals surface area contributed by atoms with E-state index in [0.717, 1.165) is 13.0 Å². The van der Waals surface area contributed by atoms with Gasteiger partial charge in [0.1, 0.15) is 11.3 Å². The van der Waals surface area contributed by atoms with Crippen LogP contribution in [0.4, 0.5) is 0 Å². The van der Waals surface area contributed by atoms with Crippen LogP contribution in [0.2, 0.25) is 5.02 Å². The molecule has 0 amide bonds. The Labute approximate surface area is 104 Å². The van der Waals surface area contributed by atoms with Crippen molar-refractivity contribution in [2.75, 3.05) is 6.54 Å². The predicted octanol–water partition coefficient (Wildman–Crippen LogP) is 2.51. The van der Waals surface area contributed by atoms with Crippen molar-refractivity contribution < 1.29 is 9.52 Å². The number of hydrogen-bond donors (Lipinski definition) is 2. The van der Waals surface area contributed by atoms with E-state index >= 15 is 0 Å². The number of aromatic hydroxyl groups is 1. The lowest BCUT2D eigenvalue weighted by molar-refractivity contribution is 0.473. The van der Waals surface area contributed by atoms with Crippen molar-refractivity contribution in [3.8, 4) is 5.75 Å². The highest BCUT2D eigenvalue weighted by Crippen LogP contribution is 2.27. The van der Waals surface area contributed by atoms with Crippen molar-refractivity contribution >= 4 is 22.6 Å². The molecule has 92 valence electrons. The third-order valence-electron chi connectivity index (χ3n) is 1.98. The molecule has 0 fully saturated rings. The molecule has 1 aromatic heterocycles. The number of fused-ring (bicyclic) bond motifs is 1. The molecule has 0 aliphatic heterocycles. The molecule has 0 saturated carbocycles. The zero-order valence-electron chi connectivity index (χ0n) is 9.44. The Kier molecular flexibility index (Phi) is 5.00. The van der Waals surface area contributed by atoms with Crippen LogP contribution < -0.4 is 11.4 Å². The summed E-state index contributed by atoms with van der Waals surface area (Å²) in [6.45, 7) is 2.88. The van der Waals surface area contributed by atoms with Crippen molar-refractivity contribution in [3.63, 3.8) is 0 Å². The van der Waals surface area contributed by atoms with Crippen molar-refractivity contribution in [1.29, 1.82) is 0 Å². The molecular formula is C12H14ClNO3. The SMILES string of the molecule is CCCN.O=c1ccc2cc(Cl)c(O)cc2o1. The van der Waals surface area contributed by atoms with Gasteiger partial charge in [-0.2, -0.15) is 0 Å². The Morgan fingerprint density at radius 3 is 2.65 bits per heavy atom. The summed E-state index contributed by atoms with van der Waals surface area (Å²) in [7, 11) is 0. The maximum Gasteiger partial charge on any atom is 0.336 e. The van der Waals surface area contributed by atoms with Gasteiger partial charge in [0.05, 0.1) is 5.02 Å². The molecule has 1 aromatic carbocycles. The van der Waals surface area contributed by atoms with Crippen LogP contribution in [0.15, 0.2) is 33.5 Å². The number of halogens is 1. The van der Waals surface area contributed by atoms with Gasteiger partial charge in [0.25, 0.3) is 0 Å². The number of nitrogens with two attached hydrogens (primary N) is 1. The molecule has 17 heavy (non-hydrogen) atoms. The number of hydrogen-bond acceptors (Lipinski definition) is 4. The van der Waals surface area contributed by atoms with E-state index in [0.29, 0.717) is 11.0 Å². The first-order valence-corrected chi connectivity index (χ1v) is 5.58.